The van der Waals surface area contributed by atoms with Crippen LogP contribution in [0.4, 0.5) is 11.5 Å². The molecule has 0 aliphatic carbocycles. The van der Waals surface area contributed by atoms with Gasteiger partial charge in [0.25, 0.3) is 0 Å². The zero-order chi connectivity index (χ0) is 16.8. The highest BCUT2D eigenvalue weighted by Crippen LogP contribution is 2.23. The fourth-order valence-corrected chi connectivity index (χ4v) is 2.01. The van der Waals surface area contributed by atoms with Gasteiger partial charge in [0, 0.05) is 14.1 Å². The van der Waals surface area contributed by atoms with Gasteiger partial charge in [-0.3, -0.25) is 4.79 Å². The van der Waals surface area contributed by atoms with E-state index in [9.17, 15) is 4.79 Å². The first-order valence-corrected chi connectivity index (χ1v) is 7.04. The first-order chi connectivity index (χ1) is 11.0. The van der Waals surface area contributed by atoms with Gasteiger partial charge >= 0.3 is 6.01 Å². The number of carbonyl (C=O) groups is 1. The van der Waals surface area contributed by atoms with Crippen molar-refractivity contribution < 1.29 is 14.3 Å². The Bertz CT molecular complexity index is 672. The molecule has 0 radical (unpaired) electrons. The van der Waals surface area contributed by atoms with Gasteiger partial charge in [0.15, 0.2) is 5.82 Å². The van der Waals surface area contributed by atoms with Gasteiger partial charge in [0.1, 0.15) is 11.4 Å². The third kappa shape index (κ3) is 4.32. The minimum absolute atomic E-state index is 0.146. The summed E-state index contributed by atoms with van der Waals surface area (Å²) in [5, 5.41) is 2.83. The molecule has 7 nitrogen and oxygen atoms in total. The number of methoxy groups -OCH3 is 2. The lowest BCUT2D eigenvalue weighted by Gasteiger charge is -2.16. The second-order valence-electron chi connectivity index (χ2n) is 5.06. The molecule has 1 aromatic carbocycles. The number of anilines is 2. The second kappa shape index (κ2) is 7.44. The Morgan fingerprint density at radius 1 is 1.17 bits per heavy atom. The first kappa shape index (κ1) is 16.5. The van der Waals surface area contributed by atoms with Crippen LogP contribution >= 0.6 is 0 Å². The second-order valence-corrected chi connectivity index (χ2v) is 5.06. The molecular weight excluding hydrogens is 296 g/mol. The molecule has 1 aromatic heterocycles. The number of hydrogen-bond donors (Lipinski definition) is 1. The number of nitrogens with one attached hydrogen (secondary N) is 1. The van der Waals surface area contributed by atoms with E-state index in [-0.39, 0.29) is 18.3 Å². The van der Waals surface area contributed by atoms with Crippen molar-refractivity contribution in [2.75, 3.05) is 38.5 Å². The highest BCUT2D eigenvalue weighted by Gasteiger charge is 2.13. The van der Waals surface area contributed by atoms with E-state index in [1.165, 1.54) is 13.3 Å². The van der Waals surface area contributed by atoms with Crippen LogP contribution in [0.15, 0.2) is 30.5 Å². The van der Waals surface area contributed by atoms with Gasteiger partial charge < -0.3 is 19.7 Å². The molecule has 2 rings (SSSR count). The van der Waals surface area contributed by atoms with Crippen LogP contribution in [0.2, 0.25) is 0 Å². The fraction of sp³-hybridized carbons (Fsp3) is 0.312. The molecule has 0 spiro atoms. The number of nitrogens with zero attached hydrogens (tertiary/aromatic N) is 3. The molecule has 1 amide bonds. The molecule has 0 saturated heterocycles. The molecule has 0 aliphatic rings. The molecule has 0 unspecified atom stereocenters. The topological polar surface area (TPSA) is 76.6 Å². The van der Waals surface area contributed by atoms with Crippen LogP contribution in [0.1, 0.15) is 5.56 Å². The minimum atomic E-state index is -0.146. The van der Waals surface area contributed by atoms with Crippen molar-refractivity contribution in [3.05, 3.63) is 36.0 Å². The lowest BCUT2D eigenvalue weighted by molar-refractivity contribution is -0.115. The molecule has 0 bridgehead atoms. The Kier molecular flexibility index (Phi) is 5.35. The quantitative estimate of drug-likeness (QED) is 0.875. The fourth-order valence-electron chi connectivity index (χ4n) is 2.01. The number of ether oxygens (including phenoxy) is 2. The van der Waals surface area contributed by atoms with E-state index in [1.54, 1.807) is 12.0 Å². The molecule has 0 atom stereocenters. The van der Waals surface area contributed by atoms with E-state index < -0.39 is 0 Å². The van der Waals surface area contributed by atoms with Gasteiger partial charge in [-0.1, -0.05) is 12.1 Å². The van der Waals surface area contributed by atoms with Crippen molar-refractivity contribution >= 4 is 17.4 Å². The minimum Gasteiger partial charge on any atom is -0.497 e. The largest absolute Gasteiger partial charge is 0.497 e. The smallest absolute Gasteiger partial charge is 0.318 e. The third-order valence-corrected chi connectivity index (χ3v) is 3.15. The highest BCUT2D eigenvalue weighted by atomic mass is 16.5. The van der Waals surface area contributed by atoms with Gasteiger partial charge in [-0.25, -0.2) is 4.98 Å². The van der Waals surface area contributed by atoms with Crippen LogP contribution in [0, 0.1) is 0 Å². The summed E-state index contributed by atoms with van der Waals surface area (Å²) < 4.78 is 10.1. The summed E-state index contributed by atoms with van der Waals surface area (Å²) in [5.41, 5.74) is 1.43. The van der Waals surface area contributed by atoms with E-state index in [0.717, 1.165) is 11.3 Å². The van der Waals surface area contributed by atoms with Crippen LogP contribution < -0.4 is 19.7 Å². The molecule has 0 fully saturated rings. The molecule has 23 heavy (non-hydrogen) atoms. The van der Waals surface area contributed by atoms with Crippen LogP contribution in [0.5, 0.6) is 11.8 Å². The molecule has 0 aliphatic heterocycles. The zero-order valence-corrected chi connectivity index (χ0v) is 13.7. The Hall–Kier alpha value is -2.83. The Morgan fingerprint density at radius 2 is 1.87 bits per heavy atom. The number of carbonyl (C=O) groups excluding carboxylic acids is 1. The third-order valence-electron chi connectivity index (χ3n) is 3.15. The summed E-state index contributed by atoms with van der Waals surface area (Å²) in [4.78, 5) is 22.3. The summed E-state index contributed by atoms with van der Waals surface area (Å²) in [7, 11) is 6.77. The van der Waals surface area contributed by atoms with Crippen molar-refractivity contribution in [2.45, 2.75) is 6.42 Å². The maximum atomic E-state index is 12.2. The number of rotatable bonds is 6. The van der Waals surface area contributed by atoms with Crippen LogP contribution in [-0.4, -0.2) is 44.2 Å². The van der Waals surface area contributed by atoms with E-state index in [2.05, 4.69) is 15.3 Å². The average Bonchev–Trinajstić information content (AvgIpc) is 2.55. The van der Waals surface area contributed by atoms with Crippen molar-refractivity contribution in [1.82, 2.24) is 9.97 Å². The van der Waals surface area contributed by atoms with Crippen molar-refractivity contribution in [3.8, 4) is 11.8 Å². The predicted molar refractivity (Wildman–Crippen MR) is 88.2 cm³/mol. The van der Waals surface area contributed by atoms with Crippen molar-refractivity contribution in [3.63, 3.8) is 0 Å². The predicted octanol–water partition coefficient (Wildman–Crippen LogP) is 1.74. The SMILES string of the molecule is COc1ccc(CC(=O)Nc2cnc(OC)nc2N(C)C)cc1. The molecule has 0 saturated carbocycles. The number of benzene rings is 1. The summed E-state index contributed by atoms with van der Waals surface area (Å²) in [6, 6.07) is 7.61. The van der Waals surface area contributed by atoms with Gasteiger partial charge in [-0.2, -0.15) is 4.98 Å². The maximum absolute atomic E-state index is 12.2. The average molecular weight is 316 g/mol. The van der Waals surface area contributed by atoms with E-state index in [0.29, 0.717) is 11.5 Å². The molecule has 7 heteroatoms. The highest BCUT2D eigenvalue weighted by molar-refractivity contribution is 5.94. The summed E-state index contributed by atoms with van der Waals surface area (Å²) >= 11 is 0. The standard InChI is InChI=1S/C16H20N4O3/c1-20(2)15-13(10-17-16(19-15)23-4)18-14(21)9-11-5-7-12(22-3)8-6-11/h5-8,10H,9H2,1-4H3,(H,18,21). The van der Waals surface area contributed by atoms with Crippen LogP contribution in [0.25, 0.3) is 0 Å². The van der Waals surface area contributed by atoms with Gasteiger partial charge in [0.05, 0.1) is 26.8 Å². The summed E-state index contributed by atoms with van der Waals surface area (Å²) in [5.74, 6) is 1.19. The van der Waals surface area contributed by atoms with Crippen LogP contribution in [-0.2, 0) is 11.2 Å². The van der Waals surface area contributed by atoms with Gasteiger partial charge in [0.2, 0.25) is 5.91 Å². The first-order valence-electron chi connectivity index (χ1n) is 7.04. The number of aromatic nitrogens is 2. The normalized spacial score (nSPS) is 10.1. The van der Waals surface area contributed by atoms with E-state index in [1.807, 2.05) is 38.4 Å². The van der Waals surface area contributed by atoms with E-state index in [4.69, 9.17) is 9.47 Å². The summed E-state index contributed by atoms with van der Waals surface area (Å²) in [6.07, 6.45) is 1.79. The summed E-state index contributed by atoms with van der Waals surface area (Å²) in [6.45, 7) is 0. The lowest BCUT2D eigenvalue weighted by atomic mass is 10.1. The van der Waals surface area contributed by atoms with Crippen LogP contribution in [0.3, 0.4) is 0 Å². The zero-order valence-electron chi connectivity index (χ0n) is 13.7. The lowest BCUT2D eigenvalue weighted by Crippen LogP contribution is -2.19. The van der Waals surface area contributed by atoms with Gasteiger partial charge in [-0.05, 0) is 17.7 Å². The van der Waals surface area contributed by atoms with E-state index >= 15 is 0 Å². The molecule has 1 N–H and O–H groups in total. The van der Waals surface area contributed by atoms with Crippen molar-refractivity contribution in [2.24, 2.45) is 0 Å². The van der Waals surface area contributed by atoms with Crippen molar-refractivity contribution in [1.29, 1.82) is 0 Å². The Morgan fingerprint density at radius 3 is 2.43 bits per heavy atom. The maximum Gasteiger partial charge on any atom is 0.318 e. The number of hydrogen-bond acceptors (Lipinski definition) is 6. The molecule has 1 heterocycles. The van der Waals surface area contributed by atoms with Gasteiger partial charge in [-0.15, -0.1) is 0 Å². The molecule has 2 aromatic rings. The monoisotopic (exact) mass is 316 g/mol. The Labute approximate surface area is 135 Å². The molecular formula is C16H20N4O3. The Balaban J connectivity index is 2.10. The number of amides is 1. The molecule has 122 valence electrons.